The number of nitrogens with one attached hydrogen (secondary N) is 1. The van der Waals surface area contributed by atoms with Crippen molar-refractivity contribution in [2.24, 2.45) is 0 Å². The molecule has 0 aliphatic carbocycles. The second-order valence-electron chi connectivity index (χ2n) is 5.62. The smallest absolute Gasteiger partial charge is 0.398 e. The van der Waals surface area contributed by atoms with E-state index in [-0.39, 0.29) is 5.91 Å². The van der Waals surface area contributed by atoms with Crippen molar-refractivity contribution in [3.63, 3.8) is 0 Å². The van der Waals surface area contributed by atoms with Crippen molar-refractivity contribution in [2.45, 2.75) is 38.9 Å². The topological polar surface area (TPSA) is 60.5 Å². The van der Waals surface area contributed by atoms with Crippen molar-refractivity contribution in [3.05, 3.63) is 23.9 Å². The van der Waals surface area contributed by atoms with Gasteiger partial charge in [0.05, 0.1) is 16.8 Å². The van der Waals surface area contributed by atoms with Gasteiger partial charge in [0.25, 0.3) is 5.91 Å². The first-order chi connectivity index (χ1) is 8.77. The van der Waals surface area contributed by atoms with Crippen LogP contribution in [0, 0.1) is 0 Å². The summed E-state index contributed by atoms with van der Waals surface area (Å²) in [6, 6.07) is 5.24. The molecule has 1 N–H and O–H groups in total. The molecule has 0 unspecified atom stereocenters. The normalized spacial score (nSPS) is 20.4. The van der Waals surface area contributed by atoms with Gasteiger partial charge in [0, 0.05) is 7.05 Å². The van der Waals surface area contributed by atoms with Gasteiger partial charge in [0.2, 0.25) is 0 Å². The highest BCUT2D eigenvalue weighted by Gasteiger charge is 2.52. The van der Waals surface area contributed by atoms with Gasteiger partial charge in [0.15, 0.2) is 0 Å². The van der Waals surface area contributed by atoms with Gasteiger partial charge >= 0.3 is 7.12 Å². The molecule has 5 nitrogen and oxygen atoms in total. The number of amides is 1. The summed E-state index contributed by atoms with van der Waals surface area (Å²) in [4.78, 5) is 15.9. The van der Waals surface area contributed by atoms with Crippen LogP contribution in [0.1, 0.15) is 38.2 Å². The van der Waals surface area contributed by atoms with Crippen molar-refractivity contribution in [3.8, 4) is 0 Å². The monoisotopic (exact) mass is 262 g/mol. The lowest BCUT2D eigenvalue weighted by molar-refractivity contribution is 0.00578. The van der Waals surface area contributed by atoms with Crippen LogP contribution in [0.4, 0.5) is 0 Å². The Bertz CT molecular complexity index is 486. The standard InChI is InChI=1S/C13H19BN2O3/c1-12(2)13(3,4)19-14(18-12)10-8-6-7-9(16-10)11(17)15-5/h6-8H,1-5H3,(H,15,17). The fraction of sp³-hybridized carbons (Fsp3) is 0.538. The van der Waals surface area contributed by atoms with E-state index >= 15 is 0 Å². The van der Waals surface area contributed by atoms with Crippen LogP contribution >= 0.6 is 0 Å². The molecular formula is C13H19BN2O3. The van der Waals surface area contributed by atoms with Crippen LogP contribution < -0.4 is 10.9 Å². The van der Waals surface area contributed by atoms with Crippen molar-refractivity contribution in [1.29, 1.82) is 0 Å². The third kappa shape index (κ3) is 2.50. The van der Waals surface area contributed by atoms with E-state index in [0.29, 0.717) is 11.3 Å². The summed E-state index contributed by atoms with van der Waals surface area (Å²) < 4.78 is 11.8. The molecule has 2 rings (SSSR count). The largest absolute Gasteiger partial charge is 0.514 e. The van der Waals surface area contributed by atoms with Gasteiger partial charge in [-0.05, 0) is 39.8 Å². The fourth-order valence-corrected chi connectivity index (χ4v) is 1.80. The number of pyridine rings is 1. The van der Waals surface area contributed by atoms with E-state index in [1.54, 1.807) is 25.2 Å². The zero-order valence-electron chi connectivity index (χ0n) is 12.0. The summed E-state index contributed by atoms with van der Waals surface area (Å²) in [7, 11) is 1.03. The molecule has 1 aliphatic heterocycles. The zero-order valence-corrected chi connectivity index (χ0v) is 12.0. The number of rotatable bonds is 2. The lowest BCUT2D eigenvalue weighted by Crippen LogP contribution is -2.41. The summed E-state index contributed by atoms with van der Waals surface area (Å²) in [6.45, 7) is 7.93. The first kappa shape index (κ1) is 14.0. The van der Waals surface area contributed by atoms with Crippen LogP contribution in [-0.4, -0.2) is 36.3 Å². The second kappa shape index (κ2) is 4.61. The van der Waals surface area contributed by atoms with E-state index < -0.39 is 18.3 Å². The average Bonchev–Trinajstić information content (AvgIpc) is 2.58. The van der Waals surface area contributed by atoms with E-state index in [2.05, 4.69) is 10.3 Å². The molecular weight excluding hydrogens is 243 g/mol. The number of hydrogen-bond donors (Lipinski definition) is 1. The summed E-state index contributed by atoms with van der Waals surface area (Å²) in [5.41, 5.74) is 0.138. The molecule has 1 fully saturated rings. The molecule has 0 bridgehead atoms. The molecule has 1 aromatic heterocycles. The molecule has 0 atom stereocenters. The van der Waals surface area contributed by atoms with Gasteiger partial charge in [-0.2, -0.15) is 0 Å². The van der Waals surface area contributed by atoms with Crippen LogP contribution in [0.5, 0.6) is 0 Å². The molecule has 102 valence electrons. The van der Waals surface area contributed by atoms with Gasteiger partial charge in [-0.3, -0.25) is 9.78 Å². The van der Waals surface area contributed by atoms with Gasteiger partial charge < -0.3 is 14.6 Å². The Hall–Kier alpha value is -1.40. The van der Waals surface area contributed by atoms with Crippen LogP contribution in [0.25, 0.3) is 0 Å². The molecule has 1 aromatic rings. The molecule has 0 radical (unpaired) electrons. The van der Waals surface area contributed by atoms with Gasteiger partial charge in [-0.1, -0.05) is 6.07 Å². The Morgan fingerprint density at radius 3 is 2.32 bits per heavy atom. The predicted octanol–water partition coefficient (Wildman–Crippen LogP) is 0.740. The highest BCUT2D eigenvalue weighted by atomic mass is 16.7. The van der Waals surface area contributed by atoms with Gasteiger partial charge in [0.1, 0.15) is 5.69 Å². The first-order valence-electron chi connectivity index (χ1n) is 6.31. The highest BCUT2D eigenvalue weighted by Crippen LogP contribution is 2.36. The minimum Gasteiger partial charge on any atom is -0.398 e. The number of carbonyl (C=O) groups is 1. The maximum Gasteiger partial charge on any atom is 0.514 e. The third-order valence-electron chi connectivity index (χ3n) is 3.73. The van der Waals surface area contributed by atoms with E-state index in [9.17, 15) is 4.79 Å². The maximum atomic E-state index is 11.6. The van der Waals surface area contributed by atoms with E-state index in [0.717, 1.165) is 0 Å². The Labute approximate surface area is 113 Å². The molecule has 1 aliphatic rings. The highest BCUT2D eigenvalue weighted by molar-refractivity contribution is 6.61. The molecule has 0 saturated carbocycles. The van der Waals surface area contributed by atoms with E-state index in [1.165, 1.54) is 0 Å². The number of carbonyl (C=O) groups excluding carboxylic acids is 1. The number of aromatic nitrogens is 1. The Morgan fingerprint density at radius 2 is 1.79 bits per heavy atom. The summed E-state index contributed by atoms with van der Waals surface area (Å²) in [5.74, 6) is -0.224. The zero-order chi connectivity index (χ0) is 14.3. The van der Waals surface area contributed by atoms with Crippen LogP contribution in [0.3, 0.4) is 0 Å². The average molecular weight is 262 g/mol. The Kier molecular flexibility index (Phi) is 3.41. The van der Waals surface area contributed by atoms with Crippen molar-refractivity contribution >= 4 is 18.6 Å². The molecule has 1 amide bonds. The van der Waals surface area contributed by atoms with E-state index in [4.69, 9.17) is 9.31 Å². The van der Waals surface area contributed by atoms with Crippen molar-refractivity contribution < 1.29 is 14.1 Å². The lowest BCUT2D eigenvalue weighted by atomic mass is 9.84. The quantitative estimate of drug-likeness (QED) is 0.798. The summed E-state index contributed by atoms with van der Waals surface area (Å²) >= 11 is 0. The molecule has 0 aromatic carbocycles. The summed E-state index contributed by atoms with van der Waals surface area (Å²) in [5, 5.41) is 2.55. The predicted molar refractivity (Wildman–Crippen MR) is 73.3 cm³/mol. The number of hydrogen-bond acceptors (Lipinski definition) is 4. The first-order valence-corrected chi connectivity index (χ1v) is 6.31. The van der Waals surface area contributed by atoms with Gasteiger partial charge in [-0.15, -0.1) is 0 Å². The Balaban J connectivity index is 2.27. The van der Waals surface area contributed by atoms with Crippen molar-refractivity contribution in [1.82, 2.24) is 10.3 Å². The fourth-order valence-electron chi connectivity index (χ4n) is 1.80. The minimum absolute atomic E-state index is 0.224. The third-order valence-corrected chi connectivity index (χ3v) is 3.73. The molecule has 6 heteroatoms. The van der Waals surface area contributed by atoms with Crippen LogP contribution in [0.15, 0.2) is 18.2 Å². The SMILES string of the molecule is CNC(=O)c1cccc(B2OC(C)(C)C(C)(C)O2)n1. The Morgan fingerprint density at radius 1 is 1.21 bits per heavy atom. The second-order valence-corrected chi connectivity index (χ2v) is 5.62. The molecule has 2 heterocycles. The minimum atomic E-state index is -0.547. The number of nitrogens with zero attached hydrogens (tertiary/aromatic N) is 1. The lowest BCUT2D eigenvalue weighted by Gasteiger charge is -2.32. The van der Waals surface area contributed by atoms with Crippen LogP contribution in [0.2, 0.25) is 0 Å². The van der Waals surface area contributed by atoms with Gasteiger partial charge in [-0.25, -0.2) is 0 Å². The molecule has 0 spiro atoms. The molecule has 1 saturated heterocycles. The summed E-state index contributed by atoms with van der Waals surface area (Å²) in [6.07, 6.45) is 0. The van der Waals surface area contributed by atoms with Crippen molar-refractivity contribution in [2.75, 3.05) is 7.05 Å². The van der Waals surface area contributed by atoms with E-state index in [1.807, 2.05) is 27.7 Å². The molecule has 19 heavy (non-hydrogen) atoms. The maximum absolute atomic E-state index is 11.6. The van der Waals surface area contributed by atoms with Crippen LogP contribution in [-0.2, 0) is 9.31 Å².